The van der Waals surface area contributed by atoms with Gasteiger partial charge >= 0.3 is 6.09 Å². The molecule has 1 aromatic rings. The standard InChI is InChI=1S/C17H25N5O2/c1-12(21-16(23)24-17(2,3)4)13-6-5-7-22(11-13)15-10-19-14(8-18)9-20-15/h9-10,12-13H,5-7,11H2,1-4H3,(H,21,23). The second-order valence-corrected chi connectivity index (χ2v) is 7.15. The van der Waals surface area contributed by atoms with Crippen LogP contribution in [0, 0.1) is 17.2 Å². The molecule has 1 aromatic heterocycles. The van der Waals surface area contributed by atoms with E-state index in [4.69, 9.17) is 10.00 Å². The molecule has 1 fully saturated rings. The normalized spacial score (nSPS) is 19.3. The van der Waals surface area contributed by atoms with Gasteiger partial charge in [0.05, 0.1) is 12.4 Å². The Morgan fingerprint density at radius 2 is 2.21 bits per heavy atom. The molecule has 0 aliphatic carbocycles. The Morgan fingerprint density at radius 3 is 2.79 bits per heavy atom. The summed E-state index contributed by atoms with van der Waals surface area (Å²) >= 11 is 0. The molecule has 2 atom stereocenters. The van der Waals surface area contributed by atoms with Crippen LogP contribution < -0.4 is 10.2 Å². The van der Waals surface area contributed by atoms with Gasteiger partial charge in [-0.05, 0) is 46.5 Å². The molecule has 7 nitrogen and oxygen atoms in total. The predicted octanol–water partition coefficient (Wildman–Crippen LogP) is 2.48. The lowest BCUT2D eigenvalue weighted by Crippen LogP contribution is -2.47. The minimum absolute atomic E-state index is 0.00832. The first-order valence-electron chi connectivity index (χ1n) is 8.25. The molecule has 1 aliphatic heterocycles. The zero-order valence-corrected chi connectivity index (χ0v) is 14.7. The molecule has 24 heavy (non-hydrogen) atoms. The number of piperidine rings is 1. The van der Waals surface area contributed by atoms with Crippen molar-refractivity contribution in [3.63, 3.8) is 0 Å². The number of nitrogens with one attached hydrogen (secondary N) is 1. The summed E-state index contributed by atoms with van der Waals surface area (Å²) < 4.78 is 5.32. The fourth-order valence-corrected chi connectivity index (χ4v) is 2.78. The van der Waals surface area contributed by atoms with Gasteiger partial charge in [0.15, 0.2) is 5.69 Å². The van der Waals surface area contributed by atoms with Crippen molar-refractivity contribution < 1.29 is 9.53 Å². The van der Waals surface area contributed by atoms with E-state index in [0.29, 0.717) is 11.6 Å². The maximum absolute atomic E-state index is 11.9. The molecule has 1 N–H and O–H groups in total. The number of alkyl carbamates (subject to hydrolysis) is 1. The number of anilines is 1. The molecule has 0 spiro atoms. The molecule has 2 rings (SSSR count). The summed E-state index contributed by atoms with van der Waals surface area (Å²) in [5.74, 6) is 1.08. The zero-order chi connectivity index (χ0) is 17.7. The summed E-state index contributed by atoms with van der Waals surface area (Å²) in [7, 11) is 0. The molecule has 0 radical (unpaired) electrons. The van der Waals surface area contributed by atoms with Crippen LogP contribution in [0.4, 0.5) is 10.6 Å². The van der Waals surface area contributed by atoms with E-state index >= 15 is 0 Å². The molecule has 1 amide bonds. The average Bonchev–Trinajstić information content (AvgIpc) is 2.53. The third-order valence-electron chi connectivity index (χ3n) is 3.99. The Bertz CT molecular complexity index is 603. The smallest absolute Gasteiger partial charge is 0.407 e. The van der Waals surface area contributed by atoms with Crippen molar-refractivity contribution in [1.29, 1.82) is 5.26 Å². The first kappa shape index (κ1) is 18.0. The summed E-state index contributed by atoms with van der Waals surface area (Å²) in [5, 5.41) is 11.7. The molecule has 0 saturated carbocycles. The number of carbonyl (C=O) groups excluding carboxylic acids is 1. The zero-order valence-electron chi connectivity index (χ0n) is 14.7. The topological polar surface area (TPSA) is 91.1 Å². The van der Waals surface area contributed by atoms with Crippen molar-refractivity contribution in [3.05, 3.63) is 18.1 Å². The van der Waals surface area contributed by atoms with E-state index in [2.05, 4.69) is 20.2 Å². The Balaban J connectivity index is 1.94. The van der Waals surface area contributed by atoms with E-state index in [9.17, 15) is 4.79 Å². The third kappa shape index (κ3) is 5.08. The number of carbonyl (C=O) groups is 1. The van der Waals surface area contributed by atoms with Gasteiger partial charge in [-0.2, -0.15) is 5.26 Å². The molecule has 0 aromatic carbocycles. The van der Waals surface area contributed by atoms with Gasteiger partial charge in [0.25, 0.3) is 0 Å². The summed E-state index contributed by atoms with van der Waals surface area (Å²) in [6.07, 6.45) is 4.79. The number of amides is 1. The largest absolute Gasteiger partial charge is 0.444 e. The predicted molar refractivity (Wildman–Crippen MR) is 90.5 cm³/mol. The highest BCUT2D eigenvalue weighted by Gasteiger charge is 2.27. The van der Waals surface area contributed by atoms with Crippen LogP contribution in [0.1, 0.15) is 46.2 Å². The van der Waals surface area contributed by atoms with Gasteiger partial charge in [0.2, 0.25) is 0 Å². The molecule has 2 heterocycles. The lowest BCUT2D eigenvalue weighted by molar-refractivity contribution is 0.0489. The highest BCUT2D eigenvalue weighted by molar-refractivity contribution is 5.68. The van der Waals surface area contributed by atoms with Crippen molar-refractivity contribution in [2.24, 2.45) is 5.92 Å². The van der Waals surface area contributed by atoms with Crippen LogP contribution in [0.25, 0.3) is 0 Å². The van der Waals surface area contributed by atoms with Gasteiger partial charge in [-0.25, -0.2) is 14.8 Å². The Labute approximate surface area is 143 Å². The number of hydrogen-bond acceptors (Lipinski definition) is 6. The van der Waals surface area contributed by atoms with Crippen LogP contribution in [-0.2, 0) is 4.74 Å². The fraction of sp³-hybridized carbons (Fsp3) is 0.647. The van der Waals surface area contributed by atoms with Gasteiger partial charge in [-0.1, -0.05) is 0 Å². The van der Waals surface area contributed by atoms with E-state index in [1.165, 1.54) is 6.20 Å². The van der Waals surface area contributed by atoms with Crippen molar-refractivity contribution >= 4 is 11.9 Å². The monoisotopic (exact) mass is 331 g/mol. The van der Waals surface area contributed by atoms with Gasteiger partial charge in [0.1, 0.15) is 17.5 Å². The lowest BCUT2D eigenvalue weighted by Gasteiger charge is -2.36. The van der Waals surface area contributed by atoms with Gasteiger partial charge in [0, 0.05) is 19.1 Å². The fourth-order valence-electron chi connectivity index (χ4n) is 2.78. The van der Waals surface area contributed by atoms with Crippen LogP contribution in [0.15, 0.2) is 12.4 Å². The summed E-state index contributed by atoms with van der Waals surface area (Å²) in [6.45, 7) is 9.24. The van der Waals surface area contributed by atoms with Crippen molar-refractivity contribution in [2.45, 2.75) is 52.2 Å². The second kappa shape index (κ2) is 7.47. The molecular weight excluding hydrogens is 306 g/mol. The molecular formula is C17H25N5O2. The van der Waals surface area contributed by atoms with Crippen molar-refractivity contribution in [3.8, 4) is 6.07 Å². The van der Waals surface area contributed by atoms with Crippen LogP contribution in [0.3, 0.4) is 0 Å². The van der Waals surface area contributed by atoms with Gasteiger partial charge in [-0.15, -0.1) is 0 Å². The third-order valence-corrected chi connectivity index (χ3v) is 3.99. The molecule has 1 aliphatic rings. The number of aromatic nitrogens is 2. The highest BCUT2D eigenvalue weighted by Crippen LogP contribution is 2.23. The van der Waals surface area contributed by atoms with E-state index < -0.39 is 5.60 Å². The number of nitriles is 1. The maximum atomic E-state index is 11.9. The van der Waals surface area contributed by atoms with E-state index in [0.717, 1.165) is 31.7 Å². The number of nitrogens with zero attached hydrogens (tertiary/aromatic N) is 4. The average molecular weight is 331 g/mol. The number of rotatable bonds is 3. The minimum atomic E-state index is -0.500. The summed E-state index contributed by atoms with van der Waals surface area (Å²) in [4.78, 5) is 22.5. The van der Waals surface area contributed by atoms with Crippen LogP contribution in [-0.4, -0.2) is 40.8 Å². The van der Waals surface area contributed by atoms with Gasteiger partial charge in [-0.3, -0.25) is 0 Å². The SMILES string of the molecule is CC(NC(=O)OC(C)(C)C)C1CCCN(c2cnc(C#N)cn2)C1. The molecule has 1 saturated heterocycles. The molecule has 2 unspecified atom stereocenters. The van der Waals surface area contributed by atoms with E-state index in [1.54, 1.807) is 6.20 Å². The molecule has 0 bridgehead atoms. The number of ether oxygens (including phenoxy) is 1. The van der Waals surface area contributed by atoms with Crippen LogP contribution in [0.5, 0.6) is 0 Å². The van der Waals surface area contributed by atoms with Crippen LogP contribution >= 0.6 is 0 Å². The number of hydrogen-bond donors (Lipinski definition) is 1. The molecule has 130 valence electrons. The second-order valence-electron chi connectivity index (χ2n) is 7.15. The quantitative estimate of drug-likeness (QED) is 0.915. The lowest BCUT2D eigenvalue weighted by atomic mass is 9.91. The maximum Gasteiger partial charge on any atom is 0.407 e. The first-order chi connectivity index (χ1) is 11.3. The van der Waals surface area contributed by atoms with E-state index in [1.807, 2.05) is 33.8 Å². The van der Waals surface area contributed by atoms with Crippen molar-refractivity contribution in [2.75, 3.05) is 18.0 Å². The van der Waals surface area contributed by atoms with Crippen LogP contribution in [0.2, 0.25) is 0 Å². The minimum Gasteiger partial charge on any atom is -0.444 e. The molecule has 7 heteroatoms. The van der Waals surface area contributed by atoms with Crippen molar-refractivity contribution in [1.82, 2.24) is 15.3 Å². The van der Waals surface area contributed by atoms with E-state index in [-0.39, 0.29) is 12.1 Å². The summed E-state index contributed by atoms with van der Waals surface area (Å²) in [6, 6.07) is 1.98. The summed E-state index contributed by atoms with van der Waals surface area (Å²) in [5.41, 5.74) is -0.187. The van der Waals surface area contributed by atoms with Gasteiger partial charge < -0.3 is 15.0 Å². The highest BCUT2D eigenvalue weighted by atomic mass is 16.6. The first-order valence-corrected chi connectivity index (χ1v) is 8.25. The Morgan fingerprint density at radius 1 is 1.46 bits per heavy atom. The Hall–Kier alpha value is -2.36. The Kier molecular flexibility index (Phi) is 5.60.